The molecule has 1 aromatic rings. The maximum Gasteiger partial charge on any atom is 0.416 e. The van der Waals surface area contributed by atoms with Gasteiger partial charge in [-0.05, 0) is 49.7 Å². The smallest absolute Gasteiger partial charge is 0.328 e. The van der Waals surface area contributed by atoms with E-state index in [2.05, 4.69) is 0 Å². The van der Waals surface area contributed by atoms with Gasteiger partial charge >= 0.3 is 6.18 Å². The van der Waals surface area contributed by atoms with E-state index < -0.39 is 17.6 Å². The van der Waals surface area contributed by atoms with Crippen LogP contribution < -0.4 is 5.73 Å². The molecule has 7 heteroatoms. The summed E-state index contributed by atoms with van der Waals surface area (Å²) in [6.45, 7) is 1.80. The predicted octanol–water partition coefficient (Wildman–Crippen LogP) is 3.19. The Morgan fingerprint density at radius 3 is 2.30 bits per heavy atom. The molecule has 114 valence electrons. The van der Waals surface area contributed by atoms with Gasteiger partial charge in [-0.15, -0.1) is 12.4 Å². The summed E-state index contributed by atoms with van der Waals surface area (Å²) >= 11 is 0. The molecule has 1 saturated heterocycles. The standard InChI is InChI=1S/C13H16F4N2.ClH/c14-11-6-9(5-10(7-11)13(15,16)17)8-19-3-1-12(18)2-4-19;/h5-7,12H,1-4,8,18H2;1H. The first-order valence-corrected chi connectivity index (χ1v) is 6.19. The second-order valence-corrected chi connectivity index (χ2v) is 4.96. The molecule has 0 bridgehead atoms. The van der Waals surface area contributed by atoms with Crippen LogP contribution in [0.15, 0.2) is 18.2 Å². The van der Waals surface area contributed by atoms with E-state index in [1.807, 2.05) is 4.90 Å². The van der Waals surface area contributed by atoms with E-state index >= 15 is 0 Å². The first-order valence-electron chi connectivity index (χ1n) is 6.19. The number of likely N-dealkylation sites (tertiary alicyclic amines) is 1. The van der Waals surface area contributed by atoms with E-state index in [4.69, 9.17) is 5.73 Å². The van der Waals surface area contributed by atoms with Crippen molar-refractivity contribution < 1.29 is 17.6 Å². The molecule has 2 N–H and O–H groups in total. The van der Waals surface area contributed by atoms with Gasteiger partial charge in [0.1, 0.15) is 5.82 Å². The normalized spacial score (nSPS) is 17.9. The molecule has 1 fully saturated rings. The van der Waals surface area contributed by atoms with Crippen molar-refractivity contribution in [3.63, 3.8) is 0 Å². The summed E-state index contributed by atoms with van der Waals surface area (Å²) in [5, 5.41) is 0. The van der Waals surface area contributed by atoms with Gasteiger partial charge in [-0.1, -0.05) is 0 Å². The molecule has 1 aromatic carbocycles. The number of rotatable bonds is 2. The van der Waals surface area contributed by atoms with Crippen molar-refractivity contribution in [1.29, 1.82) is 0 Å². The second-order valence-electron chi connectivity index (χ2n) is 4.96. The predicted molar refractivity (Wildman–Crippen MR) is 71.1 cm³/mol. The van der Waals surface area contributed by atoms with Crippen LogP contribution in [-0.2, 0) is 12.7 Å². The van der Waals surface area contributed by atoms with Crippen molar-refractivity contribution in [2.24, 2.45) is 5.73 Å². The van der Waals surface area contributed by atoms with Gasteiger partial charge in [0, 0.05) is 12.6 Å². The number of piperidine rings is 1. The van der Waals surface area contributed by atoms with E-state index in [1.165, 1.54) is 0 Å². The van der Waals surface area contributed by atoms with E-state index in [-0.39, 0.29) is 18.4 Å². The molecular weight excluding hydrogens is 296 g/mol. The summed E-state index contributed by atoms with van der Waals surface area (Å²) in [5.74, 6) is -0.849. The molecule has 0 radical (unpaired) electrons. The number of nitrogens with zero attached hydrogens (tertiary/aromatic N) is 1. The van der Waals surface area contributed by atoms with Gasteiger partial charge in [-0.3, -0.25) is 4.90 Å². The molecular formula is C13H17ClF4N2. The zero-order valence-electron chi connectivity index (χ0n) is 10.8. The number of nitrogens with two attached hydrogens (primary N) is 1. The van der Waals surface area contributed by atoms with Crippen LogP contribution in [0.1, 0.15) is 24.0 Å². The Bertz CT molecular complexity index is 442. The van der Waals surface area contributed by atoms with Crippen LogP contribution in [0.4, 0.5) is 17.6 Å². The maximum atomic E-state index is 13.2. The molecule has 0 atom stereocenters. The number of benzene rings is 1. The van der Waals surface area contributed by atoms with E-state index in [9.17, 15) is 17.6 Å². The minimum absolute atomic E-state index is 0. The number of hydrogen-bond donors (Lipinski definition) is 1. The Labute approximate surface area is 121 Å². The van der Waals surface area contributed by atoms with Gasteiger partial charge in [0.15, 0.2) is 0 Å². The van der Waals surface area contributed by atoms with Crippen LogP contribution in [0.3, 0.4) is 0 Å². The number of alkyl halides is 3. The molecule has 0 aromatic heterocycles. The van der Waals surface area contributed by atoms with Crippen LogP contribution in [0.2, 0.25) is 0 Å². The zero-order chi connectivity index (χ0) is 14.0. The molecule has 2 rings (SSSR count). The molecule has 0 unspecified atom stereocenters. The summed E-state index contributed by atoms with van der Waals surface area (Å²) in [6, 6.07) is 2.85. The molecule has 1 aliphatic heterocycles. The third-order valence-electron chi connectivity index (χ3n) is 3.32. The first kappa shape index (κ1) is 17.2. The summed E-state index contributed by atoms with van der Waals surface area (Å²) < 4.78 is 51.0. The Balaban J connectivity index is 0.00000200. The van der Waals surface area contributed by atoms with E-state index in [0.717, 1.165) is 38.1 Å². The largest absolute Gasteiger partial charge is 0.416 e. The quantitative estimate of drug-likeness (QED) is 0.850. The average Bonchev–Trinajstić information content (AvgIpc) is 2.30. The SMILES string of the molecule is Cl.NC1CCN(Cc2cc(F)cc(C(F)(F)F)c2)CC1. The third-order valence-corrected chi connectivity index (χ3v) is 3.32. The highest BCUT2D eigenvalue weighted by Gasteiger charge is 2.31. The van der Waals surface area contributed by atoms with Gasteiger partial charge < -0.3 is 5.73 Å². The van der Waals surface area contributed by atoms with Crippen molar-refractivity contribution in [3.8, 4) is 0 Å². The Morgan fingerprint density at radius 1 is 1.15 bits per heavy atom. The molecule has 0 saturated carbocycles. The van der Waals surface area contributed by atoms with Gasteiger partial charge in [0.25, 0.3) is 0 Å². The summed E-state index contributed by atoms with van der Waals surface area (Å²) in [5.41, 5.74) is 5.18. The maximum absolute atomic E-state index is 13.2. The van der Waals surface area contributed by atoms with Gasteiger partial charge in [0.05, 0.1) is 5.56 Å². The fourth-order valence-corrected chi connectivity index (χ4v) is 2.27. The first-order chi connectivity index (χ1) is 8.84. The van der Waals surface area contributed by atoms with Crippen LogP contribution in [0, 0.1) is 5.82 Å². The van der Waals surface area contributed by atoms with Crippen molar-refractivity contribution >= 4 is 12.4 Å². The molecule has 0 spiro atoms. The molecule has 2 nitrogen and oxygen atoms in total. The molecule has 20 heavy (non-hydrogen) atoms. The van der Waals surface area contributed by atoms with Gasteiger partial charge in [-0.2, -0.15) is 13.2 Å². The summed E-state index contributed by atoms with van der Waals surface area (Å²) in [7, 11) is 0. The van der Waals surface area contributed by atoms with Crippen molar-refractivity contribution in [3.05, 3.63) is 35.1 Å². The van der Waals surface area contributed by atoms with Crippen LogP contribution in [0.5, 0.6) is 0 Å². The van der Waals surface area contributed by atoms with Crippen LogP contribution in [-0.4, -0.2) is 24.0 Å². The average molecular weight is 313 g/mol. The monoisotopic (exact) mass is 312 g/mol. The lowest BCUT2D eigenvalue weighted by molar-refractivity contribution is -0.137. The number of hydrogen-bond acceptors (Lipinski definition) is 2. The number of halogens is 5. The van der Waals surface area contributed by atoms with Crippen molar-refractivity contribution in [1.82, 2.24) is 4.90 Å². The van der Waals surface area contributed by atoms with Gasteiger partial charge in [0.2, 0.25) is 0 Å². The molecule has 1 heterocycles. The molecule has 1 aliphatic rings. The van der Waals surface area contributed by atoms with E-state index in [1.54, 1.807) is 0 Å². The Kier molecular flexibility index (Phi) is 5.79. The fraction of sp³-hybridized carbons (Fsp3) is 0.538. The fourth-order valence-electron chi connectivity index (χ4n) is 2.27. The lowest BCUT2D eigenvalue weighted by Crippen LogP contribution is -2.39. The topological polar surface area (TPSA) is 29.3 Å². The highest BCUT2D eigenvalue weighted by atomic mass is 35.5. The zero-order valence-corrected chi connectivity index (χ0v) is 11.6. The Hall–Kier alpha value is -0.850. The van der Waals surface area contributed by atoms with Crippen molar-refractivity contribution in [2.45, 2.75) is 31.6 Å². The molecule has 0 aliphatic carbocycles. The van der Waals surface area contributed by atoms with Gasteiger partial charge in [-0.25, -0.2) is 4.39 Å². The summed E-state index contributed by atoms with van der Waals surface area (Å²) in [4.78, 5) is 2.00. The third kappa shape index (κ3) is 4.61. The molecule has 0 amide bonds. The second kappa shape index (κ2) is 6.74. The summed E-state index contributed by atoms with van der Waals surface area (Å²) in [6.07, 6.45) is -2.87. The lowest BCUT2D eigenvalue weighted by Gasteiger charge is -2.30. The highest BCUT2D eigenvalue weighted by molar-refractivity contribution is 5.85. The highest BCUT2D eigenvalue weighted by Crippen LogP contribution is 2.30. The minimum Gasteiger partial charge on any atom is -0.328 e. The van der Waals surface area contributed by atoms with Crippen molar-refractivity contribution in [2.75, 3.05) is 13.1 Å². The van der Waals surface area contributed by atoms with E-state index in [0.29, 0.717) is 18.2 Å². The lowest BCUT2D eigenvalue weighted by atomic mass is 10.0. The van der Waals surface area contributed by atoms with Crippen LogP contribution >= 0.6 is 12.4 Å². The minimum atomic E-state index is -4.51. The van der Waals surface area contributed by atoms with Crippen LogP contribution in [0.25, 0.3) is 0 Å². The Morgan fingerprint density at radius 2 is 1.75 bits per heavy atom.